The molecule has 0 saturated carbocycles. The fourth-order valence-electron chi connectivity index (χ4n) is 2.33. The summed E-state index contributed by atoms with van der Waals surface area (Å²) in [5, 5.41) is 0. The number of ether oxygens (including phenoxy) is 3. The highest BCUT2D eigenvalue weighted by Crippen LogP contribution is 2.41. The van der Waals surface area contributed by atoms with E-state index in [1.807, 2.05) is 0 Å². The van der Waals surface area contributed by atoms with E-state index >= 15 is 0 Å². The minimum absolute atomic E-state index is 0.0324. The van der Waals surface area contributed by atoms with E-state index in [-0.39, 0.29) is 29.9 Å². The van der Waals surface area contributed by atoms with Crippen LogP contribution in [0, 0.1) is 0 Å². The number of hydrogen-bond acceptors (Lipinski definition) is 6. The molecule has 19 heavy (non-hydrogen) atoms. The van der Waals surface area contributed by atoms with Crippen molar-refractivity contribution >= 4 is 25.7 Å². The highest BCUT2D eigenvalue weighted by Gasteiger charge is 2.45. The van der Waals surface area contributed by atoms with Gasteiger partial charge in [-0.15, -0.1) is 0 Å². The van der Waals surface area contributed by atoms with Crippen molar-refractivity contribution in [1.82, 2.24) is 0 Å². The molecule has 2 aliphatic rings. The van der Waals surface area contributed by atoms with Crippen LogP contribution in [0.15, 0.2) is 10.5 Å². The minimum Gasteiger partial charge on any atom is -0.463 e. The number of hydrogen-bond donors (Lipinski definition) is 0. The van der Waals surface area contributed by atoms with E-state index in [2.05, 4.69) is 0 Å². The lowest BCUT2D eigenvalue weighted by atomic mass is 9.93. The Balaban J connectivity index is 2.36. The third-order valence-corrected chi connectivity index (χ3v) is 4.74. The van der Waals surface area contributed by atoms with E-state index in [1.54, 1.807) is 6.92 Å². The Morgan fingerprint density at radius 1 is 1.42 bits per heavy atom. The Labute approximate surface area is 116 Å². The second-order valence-electron chi connectivity index (χ2n) is 4.34. The number of allylic oxidation sites excluding steroid dienone is 1. The SMILES string of the molecule is CCOC(=O)C1=C(S(=O)(=O)Cl)CCC2(C1)OCCO2. The Kier molecular flexibility index (Phi) is 4.20. The van der Waals surface area contributed by atoms with Crippen LogP contribution in [0.3, 0.4) is 0 Å². The molecule has 0 aromatic carbocycles. The number of carbonyl (C=O) groups is 1. The molecule has 0 aromatic rings. The quantitative estimate of drug-likeness (QED) is 0.577. The maximum Gasteiger partial charge on any atom is 0.335 e. The van der Waals surface area contributed by atoms with Crippen molar-refractivity contribution in [2.75, 3.05) is 19.8 Å². The zero-order valence-electron chi connectivity index (χ0n) is 10.5. The zero-order chi connectivity index (χ0) is 14.1. The molecule has 1 heterocycles. The summed E-state index contributed by atoms with van der Waals surface area (Å²) < 4.78 is 38.9. The van der Waals surface area contributed by atoms with Crippen LogP contribution in [0.1, 0.15) is 26.2 Å². The van der Waals surface area contributed by atoms with E-state index in [0.717, 1.165) is 0 Å². The van der Waals surface area contributed by atoms with Crippen LogP contribution in [-0.4, -0.2) is 40.0 Å². The maximum absolute atomic E-state index is 11.9. The van der Waals surface area contributed by atoms with Crippen LogP contribution in [0.25, 0.3) is 0 Å². The first kappa shape index (κ1) is 14.8. The van der Waals surface area contributed by atoms with Gasteiger partial charge in [-0.25, -0.2) is 13.2 Å². The summed E-state index contributed by atoms with van der Waals surface area (Å²) >= 11 is 0. The monoisotopic (exact) mass is 310 g/mol. The molecule has 8 heteroatoms. The molecule has 1 aliphatic heterocycles. The third kappa shape index (κ3) is 3.10. The van der Waals surface area contributed by atoms with Gasteiger partial charge in [0.15, 0.2) is 5.79 Å². The van der Waals surface area contributed by atoms with E-state index in [0.29, 0.717) is 19.6 Å². The van der Waals surface area contributed by atoms with Crippen LogP contribution in [0.2, 0.25) is 0 Å². The molecule has 1 saturated heterocycles. The molecule has 1 aliphatic carbocycles. The summed E-state index contributed by atoms with van der Waals surface area (Å²) in [6, 6.07) is 0. The molecule has 0 N–H and O–H groups in total. The third-order valence-electron chi connectivity index (χ3n) is 3.15. The zero-order valence-corrected chi connectivity index (χ0v) is 12.1. The molecule has 1 fully saturated rings. The first-order valence-corrected chi connectivity index (χ1v) is 8.30. The first-order chi connectivity index (χ1) is 8.88. The number of esters is 1. The van der Waals surface area contributed by atoms with Crippen molar-refractivity contribution in [2.45, 2.75) is 32.0 Å². The number of rotatable bonds is 3. The molecular formula is C11H15ClO6S. The highest BCUT2D eigenvalue weighted by atomic mass is 35.7. The largest absolute Gasteiger partial charge is 0.463 e. The Morgan fingerprint density at radius 3 is 2.58 bits per heavy atom. The van der Waals surface area contributed by atoms with Crippen molar-refractivity contribution in [1.29, 1.82) is 0 Å². The molecule has 2 rings (SSSR count). The molecule has 0 aromatic heterocycles. The van der Waals surface area contributed by atoms with Crippen molar-refractivity contribution in [3.05, 3.63) is 10.5 Å². The molecule has 108 valence electrons. The molecule has 0 amide bonds. The smallest absolute Gasteiger partial charge is 0.335 e. The average Bonchev–Trinajstić information content (AvgIpc) is 2.76. The summed E-state index contributed by atoms with van der Waals surface area (Å²) in [5.74, 6) is -1.59. The number of halogens is 1. The van der Waals surface area contributed by atoms with Gasteiger partial charge in [-0.3, -0.25) is 0 Å². The highest BCUT2D eigenvalue weighted by molar-refractivity contribution is 8.16. The standard InChI is InChI=1S/C11H15ClO6S/c1-2-16-10(13)8-7-11(17-5-6-18-11)4-3-9(8)19(12,14)15/h2-7H2,1H3. The molecule has 0 radical (unpaired) electrons. The molecule has 0 unspecified atom stereocenters. The van der Waals surface area contributed by atoms with Gasteiger partial charge >= 0.3 is 5.97 Å². The van der Waals surface area contributed by atoms with Gasteiger partial charge in [0.1, 0.15) is 0 Å². The Morgan fingerprint density at radius 2 is 2.05 bits per heavy atom. The van der Waals surface area contributed by atoms with E-state index < -0.39 is 20.8 Å². The lowest BCUT2D eigenvalue weighted by molar-refractivity contribution is -0.168. The predicted octanol–water partition coefficient (Wildman–Crippen LogP) is 1.30. The van der Waals surface area contributed by atoms with E-state index in [9.17, 15) is 13.2 Å². The second kappa shape index (κ2) is 5.40. The van der Waals surface area contributed by atoms with Gasteiger partial charge in [0.25, 0.3) is 9.05 Å². The van der Waals surface area contributed by atoms with Crippen LogP contribution >= 0.6 is 10.7 Å². The van der Waals surface area contributed by atoms with Crippen molar-refractivity contribution < 1.29 is 27.4 Å². The lowest BCUT2D eigenvalue weighted by Crippen LogP contribution is -2.36. The normalized spacial score (nSPS) is 22.8. The van der Waals surface area contributed by atoms with Crippen LogP contribution in [0.4, 0.5) is 0 Å². The maximum atomic E-state index is 11.9. The molecule has 0 bridgehead atoms. The van der Waals surface area contributed by atoms with Crippen molar-refractivity contribution in [3.63, 3.8) is 0 Å². The van der Waals surface area contributed by atoms with E-state index in [1.165, 1.54) is 0 Å². The molecular weight excluding hydrogens is 296 g/mol. The van der Waals surface area contributed by atoms with Crippen LogP contribution in [0.5, 0.6) is 0 Å². The summed E-state index contributed by atoms with van der Waals surface area (Å²) in [6.07, 6.45) is 0.518. The summed E-state index contributed by atoms with van der Waals surface area (Å²) in [6.45, 7) is 2.67. The Hall–Kier alpha value is -0.630. The van der Waals surface area contributed by atoms with Gasteiger partial charge in [0.2, 0.25) is 0 Å². The van der Waals surface area contributed by atoms with Crippen LogP contribution < -0.4 is 0 Å². The summed E-state index contributed by atoms with van der Waals surface area (Å²) in [7, 11) is 1.43. The van der Waals surface area contributed by atoms with Gasteiger partial charge in [-0.05, 0) is 13.3 Å². The fraction of sp³-hybridized carbons (Fsp3) is 0.727. The topological polar surface area (TPSA) is 78.9 Å². The molecule has 6 nitrogen and oxygen atoms in total. The second-order valence-corrected chi connectivity index (χ2v) is 6.93. The predicted molar refractivity (Wildman–Crippen MR) is 66.9 cm³/mol. The van der Waals surface area contributed by atoms with Gasteiger partial charge in [0.05, 0.1) is 30.3 Å². The van der Waals surface area contributed by atoms with Gasteiger partial charge in [-0.1, -0.05) is 0 Å². The van der Waals surface area contributed by atoms with Gasteiger partial charge < -0.3 is 14.2 Å². The Bertz CT molecular complexity index is 503. The van der Waals surface area contributed by atoms with Gasteiger partial charge in [-0.2, -0.15) is 0 Å². The lowest BCUT2D eigenvalue weighted by Gasteiger charge is -2.32. The van der Waals surface area contributed by atoms with Crippen LogP contribution in [-0.2, 0) is 28.1 Å². The number of carbonyl (C=O) groups excluding carboxylic acids is 1. The van der Waals surface area contributed by atoms with E-state index in [4.69, 9.17) is 24.9 Å². The summed E-state index contributed by atoms with van der Waals surface area (Å²) in [4.78, 5) is 11.8. The van der Waals surface area contributed by atoms with Crippen molar-refractivity contribution in [3.8, 4) is 0 Å². The van der Waals surface area contributed by atoms with Gasteiger partial charge in [0, 0.05) is 23.5 Å². The fourth-order valence-corrected chi connectivity index (χ4v) is 3.63. The molecule has 1 spiro atoms. The average molecular weight is 311 g/mol. The summed E-state index contributed by atoms with van der Waals surface area (Å²) in [5.41, 5.74) is 0.0324. The first-order valence-electron chi connectivity index (χ1n) is 6.00. The van der Waals surface area contributed by atoms with Crippen molar-refractivity contribution in [2.24, 2.45) is 0 Å². The minimum atomic E-state index is -3.94. The molecule has 0 atom stereocenters.